The fourth-order valence-electron chi connectivity index (χ4n) is 1.66. The molecule has 0 aromatic heterocycles. The fraction of sp³-hybridized carbons (Fsp3) is 0.778. The van der Waals surface area contributed by atoms with Gasteiger partial charge >= 0.3 is 17.9 Å². The zero-order valence-electron chi connectivity index (χ0n) is 17.5. The first-order chi connectivity index (χ1) is 13.7. The molecule has 0 saturated carbocycles. The summed E-state index contributed by atoms with van der Waals surface area (Å²) in [5.74, 6) is -2.24. The van der Waals surface area contributed by atoms with Crippen molar-refractivity contribution in [3.05, 3.63) is 0 Å². The van der Waals surface area contributed by atoms with Crippen molar-refractivity contribution in [1.29, 1.82) is 0 Å². The predicted octanol–water partition coefficient (Wildman–Crippen LogP) is 1.89. The predicted molar refractivity (Wildman–Crippen MR) is 111 cm³/mol. The molecule has 3 atom stereocenters. The Kier molecular flexibility index (Phi) is 15.6. The lowest BCUT2D eigenvalue weighted by Crippen LogP contribution is -2.35. The number of rotatable bonds is 14. The first kappa shape index (κ1) is 27.6. The van der Waals surface area contributed by atoms with E-state index < -0.39 is 35.4 Å². The quantitative estimate of drug-likeness (QED) is 0.166. The second kappa shape index (κ2) is 16.4. The molecule has 3 unspecified atom stereocenters. The fourth-order valence-corrected chi connectivity index (χ4v) is 2.84. The SMILES string of the molecule is CCOCCOCCOC(=O)C(C)OC(=O)C(C)OC(=O)C(C)SC(=S)OCC. The van der Waals surface area contributed by atoms with Crippen molar-refractivity contribution in [3.63, 3.8) is 0 Å². The molecule has 0 radical (unpaired) electrons. The molecule has 0 bridgehead atoms. The van der Waals surface area contributed by atoms with E-state index in [9.17, 15) is 14.4 Å². The van der Waals surface area contributed by atoms with Gasteiger partial charge in [-0.3, -0.25) is 4.79 Å². The molecular formula is C18H30O9S2. The Morgan fingerprint density at radius 1 is 0.759 bits per heavy atom. The summed E-state index contributed by atoms with van der Waals surface area (Å²) in [7, 11) is 0. The molecule has 0 aromatic rings. The van der Waals surface area contributed by atoms with Gasteiger partial charge in [-0.25, -0.2) is 9.59 Å². The lowest BCUT2D eigenvalue weighted by atomic mass is 10.3. The van der Waals surface area contributed by atoms with Crippen LogP contribution in [0.5, 0.6) is 0 Å². The van der Waals surface area contributed by atoms with Crippen molar-refractivity contribution < 1.29 is 42.8 Å². The van der Waals surface area contributed by atoms with E-state index in [-0.39, 0.29) is 17.6 Å². The second-order valence-corrected chi connectivity index (χ2v) is 7.52. The van der Waals surface area contributed by atoms with Gasteiger partial charge in [0.15, 0.2) is 12.2 Å². The van der Waals surface area contributed by atoms with Crippen molar-refractivity contribution in [1.82, 2.24) is 0 Å². The lowest BCUT2D eigenvalue weighted by Gasteiger charge is -2.18. The van der Waals surface area contributed by atoms with E-state index in [0.717, 1.165) is 11.8 Å². The average molecular weight is 455 g/mol. The molecule has 11 heteroatoms. The van der Waals surface area contributed by atoms with Gasteiger partial charge in [0, 0.05) is 6.61 Å². The third-order valence-corrected chi connectivity index (χ3v) is 4.43. The van der Waals surface area contributed by atoms with Crippen LogP contribution >= 0.6 is 24.0 Å². The maximum Gasteiger partial charge on any atom is 0.347 e. The van der Waals surface area contributed by atoms with E-state index in [2.05, 4.69) is 0 Å². The summed E-state index contributed by atoms with van der Waals surface area (Å²) in [6.45, 7) is 10.0. The Morgan fingerprint density at radius 3 is 1.93 bits per heavy atom. The van der Waals surface area contributed by atoms with Crippen molar-refractivity contribution in [2.75, 3.05) is 39.6 Å². The number of ether oxygens (including phenoxy) is 6. The van der Waals surface area contributed by atoms with Crippen molar-refractivity contribution in [2.24, 2.45) is 0 Å². The highest BCUT2D eigenvalue weighted by Gasteiger charge is 2.28. The van der Waals surface area contributed by atoms with Crippen LogP contribution in [-0.2, 0) is 42.8 Å². The Morgan fingerprint density at radius 2 is 1.31 bits per heavy atom. The number of thioether (sulfide) groups is 1. The number of hydrogen-bond donors (Lipinski definition) is 0. The van der Waals surface area contributed by atoms with Crippen molar-refractivity contribution >= 4 is 46.3 Å². The summed E-state index contributed by atoms with van der Waals surface area (Å²) in [6, 6.07) is 0. The topological polar surface area (TPSA) is 107 Å². The van der Waals surface area contributed by atoms with Crippen LogP contribution in [0.25, 0.3) is 0 Å². The summed E-state index contributed by atoms with van der Waals surface area (Å²) in [5.41, 5.74) is 0. The van der Waals surface area contributed by atoms with Crippen LogP contribution in [0.2, 0.25) is 0 Å². The van der Waals surface area contributed by atoms with Gasteiger partial charge in [-0.1, -0.05) is 11.8 Å². The average Bonchev–Trinajstić information content (AvgIpc) is 2.66. The van der Waals surface area contributed by atoms with E-state index in [1.54, 1.807) is 13.8 Å². The monoisotopic (exact) mass is 454 g/mol. The molecule has 0 aliphatic carbocycles. The van der Waals surface area contributed by atoms with Crippen LogP contribution < -0.4 is 0 Å². The highest BCUT2D eigenvalue weighted by molar-refractivity contribution is 8.23. The van der Waals surface area contributed by atoms with E-state index in [1.807, 2.05) is 6.92 Å². The molecule has 0 fully saturated rings. The Labute approximate surface area is 181 Å². The van der Waals surface area contributed by atoms with Gasteiger partial charge in [0.2, 0.25) is 4.38 Å². The summed E-state index contributed by atoms with van der Waals surface area (Å²) in [4.78, 5) is 35.9. The molecule has 9 nitrogen and oxygen atoms in total. The zero-order chi connectivity index (χ0) is 22.2. The molecule has 0 heterocycles. The summed E-state index contributed by atoms with van der Waals surface area (Å²) >= 11 is 5.95. The standard InChI is InChI=1S/C18H30O9S2/c1-6-22-8-9-23-10-11-25-15(19)12(3)26-16(20)13(4)27-17(21)14(5)29-18(28)24-7-2/h12-14H,6-11H2,1-5H3. The Bertz CT molecular complexity index is 527. The normalized spacial score (nSPS) is 13.7. The van der Waals surface area contributed by atoms with Crippen molar-refractivity contribution in [3.8, 4) is 0 Å². The third kappa shape index (κ3) is 13.4. The van der Waals surface area contributed by atoms with E-state index >= 15 is 0 Å². The van der Waals surface area contributed by atoms with Crippen LogP contribution in [0.1, 0.15) is 34.6 Å². The Balaban J connectivity index is 4.16. The van der Waals surface area contributed by atoms with Crippen molar-refractivity contribution in [2.45, 2.75) is 52.1 Å². The third-order valence-electron chi connectivity index (χ3n) is 3.16. The van der Waals surface area contributed by atoms with Gasteiger partial charge in [0.05, 0.1) is 26.4 Å². The number of esters is 3. The maximum atomic E-state index is 12.0. The van der Waals surface area contributed by atoms with Crippen LogP contribution in [0.3, 0.4) is 0 Å². The summed E-state index contributed by atoms with van der Waals surface area (Å²) < 4.78 is 30.6. The molecule has 29 heavy (non-hydrogen) atoms. The zero-order valence-corrected chi connectivity index (χ0v) is 19.1. The number of thiocarbonyl (C=S) groups is 1. The van der Waals surface area contributed by atoms with E-state index in [1.165, 1.54) is 13.8 Å². The molecule has 0 aliphatic rings. The first-order valence-corrected chi connectivity index (χ1v) is 10.6. The highest BCUT2D eigenvalue weighted by Crippen LogP contribution is 2.16. The van der Waals surface area contributed by atoms with Gasteiger partial charge in [-0.2, -0.15) is 0 Å². The van der Waals surface area contributed by atoms with Crippen LogP contribution in [-0.4, -0.2) is 79.4 Å². The van der Waals surface area contributed by atoms with Crippen LogP contribution in [0.4, 0.5) is 0 Å². The van der Waals surface area contributed by atoms with Gasteiger partial charge in [-0.15, -0.1) is 0 Å². The Hall–Kier alpha value is -1.43. The molecule has 0 aliphatic heterocycles. The summed E-state index contributed by atoms with van der Waals surface area (Å²) in [6.07, 6.45) is -2.34. The van der Waals surface area contributed by atoms with Crippen LogP contribution in [0.15, 0.2) is 0 Å². The van der Waals surface area contributed by atoms with Crippen LogP contribution in [0, 0.1) is 0 Å². The molecule has 0 amide bonds. The smallest absolute Gasteiger partial charge is 0.347 e. The maximum absolute atomic E-state index is 12.0. The molecule has 0 aromatic carbocycles. The van der Waals surface area contributed by atoms with E-state index in [0.29, 0.717) is 26.4 Å². The number of carbonyl (C=O) groups is 3. The largest absolute Gasteiger partial charge is 0.479 e. The summed E-state index contributed by atoms with van der Waals surface area (Å²) in [5, 5.41) is -0.658. The first-order valence-electron chi connectivity index (χ1n) is 9.29. The molecular weight excluding hydrogens is 424 g/mol. The minimum absolute atomic E-state index is 0.0197. The molecule has 0 saturated heterocycles. The molecule has 168 valence electrons. The number of hydrogen-bond acceptors (Lipinski definition) is 11. The molecule has 0 rings (SSSR count). The lowest BCUT2D eigenvalue weighted by molar-refractivity contribution is -0.177. The minimum atomic E-state index is -1.19. The molecule has 0 N–H and O–H groups in total. The van der Waals surface area contributed by atoms with Gasteiger partial charge in [0.25, 0.3) is 0 Å². The minimum Gasteiger partial charge on any atom is -0.479 e. The van der Waals surface area contributed by atoms with Gasteiger partial charge < -0.3 is 28.4 Å². The number of carbonyl (C=O) groups excluding carboxylic acids is 3. The van der Waals surface area contributed by atoms with Gasteiger partial charge in [-0.05, 0) is 46.8 Å². The van der Waals surface area contributed by atoms with Gasteiger partial charge in [0.1, 0.15) is 11.9 Å². The van der Waals surface area contributed by atoms with E-state index in [4.69, 9.17) is 40.6 Å². The highest BCUT2D eigenvalue weighted by atomic mass is 32.2. The second-order valence-electron chi connectivity index (χ2n) is 5.58. The molecule has 0 spiro atoms.